The lowest BCUT2D eigenvalue weighted by Crippen LogP contribution is -3.00. The van der Waals surface area contributed by atoms with Gasteiger partial charge in [0.2, 0.25) is 5.69 Å². The van der Waals surface area contributed by atoms with E-state index in [0.29, 0.717) is 0 Å². The molecule has 0 aliphatic carbocycles. The summed E-state index contributed by atoms with van der Waals surface area (Å²) in [5.74, 6) is 0.884. The van der Waals surface area contributed by atoms with Crippen molar-refractivity contribution in [1.29, 1.82) is 0 Å². The third-order valence-corrected chi connectivity index (χ3v) is 4.18. The van der Waals surface area contributed by atoms with Crippen molar-refractivity contribution in [2.45, 2.75) is 6.92 Å². The molecular formula is C19H21IN2O. The van der Waals surface area contributed by atoms with Gasteiger partial charge in [-0.3, -0.25) is 0 Å². The number of benzene rings is 1. The van der Waals surface area contributed by atoms with Gasteiger partial charge in [0.25, 0.3) is 0 Å². The molecule has 120 valence electrons. The first-order valence-corrected chi connectivity index (χ1v) is 7.37. The summed E-state index contributed by atoms with van der Waals surface area (Å²) in [6.45, 7) is 2.11. The molecule has 2 aromatic heterocycles. The van der Waals surface area contributed by atoms with Crippen LogP contribution < -0.4 is 33.3 Å². The molecule has 23 heavy (non-hydrogen) atoms. The average Bonchev–Trinajstić information content (AvgIpc) is 2.84. The summed E-state index contributed by atoms with van der Waals surface area (Å²) in [6.07, 6.45) is 6.47. The zero-order chi connectivity index (χ0) is 15.7. The molecule has 0 saturated carbocycles. The maximum absolute atomic E-state index is 5.35. The van der Waals surface area contributed by atoms with Crippen LogP contribution in [0.3, 0.4) is 0 Å². The van der Waals surface area contributed by atoms with Crippen molar-refractivity contribution in [3.63, 3.8) is 0 Å². The molecule has 3 aromatic rings. The van der Waals surface area contributed by atoms with Crippen molar-refractivity contribution in [3.8, 4) is 5.75 Å². The molecule has 0 amide bonds. The van der Waals surface area contributed by atoms with E-state index in [1.54, 1.807) is 7.11 Å². The van der Waals surface area contributed by atoms with Crippen LogP contribution in [0.5, 0.6) is 5.75 Å². The number of hydrogen-bond acceptors (Lipinski definition) is 1. The summed E-state index contributed by atoms with van der Waals surface area (Å²) < 4.78 is 9.67. The van der Waals surface area contributed by atoms with E-state index in [0.717, 1.165) is 5.75 Å². The molecule has 0 bridgehead atoms. The number of pyridine rings is 1. The summed E-state index contributed by atoms with van der Waals surface area (Å²) in [4.78, 5) is 0. The number of methoxy groups -OCH3 is 1. The molecule has 0 atom stereocenters. The third kappa shape index (κ3) is 3.42. The van der Waals surface area contributed by atoms with Crippen molar-refractivity contribution < 1.29 is 33.3 Å². The van der Waals surface area contributed by atoms with Gasteiger partial charge in [-0.05, 0) is 30.3 Å². The SMILES string of the molecule is COc1ccc2c(c1)c(C=Cc1cccc(C)[n+]1C)cn2C.[I-]. The molecule has 0 spiro atoms. The van der Waals surface area contributed by atoms with E-state index in [9.17, 15) is 0 Å². The Hall–Kier alpha value is -1.82. The van der Waals surface area contributed by atoms with Crippen LogP contribution in [-0.2, 0) is 14.1 Å². The lowest BCUT2D eigenvalue weighted by molar-refractivity contribution is -0.679. The van der Waals surface area contributed by atoms with E-state index < -0.39 is 0 Å². The highest BCUT2D eigenvalue weighted by molar-refractivity contribution is 5.92. The molecule has 0 saturated heterocycles. The lowest BCUT2D eigenvalue weighted by atomic mass is 10.1. The second-order valence-corrected chi connectivity index (χ2v) is 5.56. The Labute approximate surface area is 154 Å². The highest BCUT2D eigenvalue weighted by Gasteiger charge is 2.08. The predicted octanol–water partition coefficient (Wildman–Crippen LogP) is 0.494. The highest BCUT2D eigenvalue weighted by atomic mass is 127. The van der Waals surface area contributed by atoms with Crippen LogP contribution in [-0.4, -0.2) is 11.7 Å². The molecule has 0 fully saturated rings. The van der Waals surface area contributed by atoms with Crippen molar-refractivity contribution >= 4 is 23.1 Å². The van der Waals surface area contributed by atoms with Crippen LogP contribution in [0.4, 0.5) is 0 Å². The van der Waals surface area contributed by atoms with Crippen LogP contribution in [0.15, 0.2) is 42.6 Å². The number of ether oxygens (including phenoxy) is 1. The number of hydrogen-bond donors (Lipinski definition) is 0. The summed E-state index contributed by atoms with van der Waals surface area (Å²) >= 11 is 0. The average molecular weight is 420 g/mol. The topological polar surface area (TPSA) is 18.0 Å². The molecule has 0 radical (unpaired) electrons. The molecule has 0 aliphatic heterocycles. The van der Waals surface area contributed by atoms with E-state index >= 15 is 0 Å². The predicted molar refractivity (Wildman–Crippen MR) is 90.8 cm³/mol. The molecule has 0 aliphatic rings. The van der Waals surface area contributed by atoms with Crippen molar-refractivity contribution in [2.75, 3.05) is 7.11 Å². The Morgan fingerprint density at radius 1 is 1.13 bits per heavy atom. The smallest absolute Gasteiger partial charge is 0.205 e. The highest BCUT2D eigenvalue weighted by Crippen LogP contribution is 2.26. The fourth-order valence-electron chi connectivity index (χ4n) is 2.72. The Morgan fingerprint density at radius 2 is 1.91 bits per heavy atom. The minimum atomic E-state index is 0. The van der Waals surface area contributed by atoms with Gasteiger partial charge in [0.05, 0.1) is 7.11 Å². The molecule has 3 rings (SSSR count). The number of nitrogens with zero attached hydrogens (tertiary/aromatic N) is 2. The van der Waals surface area contributed by atoms with Gasteiger partial charge in [-0.1, -0.05) is 0 Å². The Bertz CT molecular complexity index is 865. The zero-order valence-corrected chi connectivity index (χ0v) is 16.0. The molecular weight excluding hydrogens is 399 g/mol. The van der Waals surface area contributed by atoms with E-state index in [1.165, 1.54) is 27.9 Å². The summed E-state index contributed by atoms with van der Waals surface area (Å²) in [7, 11) is 5.85. The maximum atomic E-state index is 5.35. The molecule has 4 heteroatoms. The number of fused-ring (bicyclic) bond motifs is 1. The van der Waals surface area contributed by atoms with Gasteiger partial charge in [0.1, 0.15) is 12.8 Å². The zero-order valence-electron chi connectivity index (χ0n) is 13.9. The van der Waals surface area contributed by atoms with E-state index in [1.807, 2.05) is 6.07 Å². The minimum Gasteiger partial charge on any atom is -1.00 e. The van der Waals surface area contributed by atoms with Crippen molar-refractivity contribution in [1.82, 2.24) is 4.57 Å². The van der Waals surface area contributed by atoms with Crippen molar-refractivity contribution in [2.24, 2.45) is 14.1 Å². The normalized spacial score (nSPS) is 11.0. The molecule has 3 nitrogen and oxygen atoms in total. The second kappa shape index (κ2) is 7.17. The molecule has 0 unspecified atom stereocenters. The summed E-state index contributed by atoms with van der Waals surface area (Å²) in [5, 5.41) is 1.20. The lowest BCUT2D eigenvalue weighted by Gasteiger charge is -2.01. The minimum absolute atomic E-state index is 0. The number of aryl methyl sites for hydroxylation is 2. The van der Waals surface area contributed by atoms with Crippen molar-refractivity contribution in [3.05, 3.63) is 59.5 Å². The van der Waals surface area contributed by atoms with E-state index in [-0.39, 0.29) is 24.0 Å². The standard InChI is InChI=1S/C19H21N2O.HI/c1-14-6-5-7-16(21(14)3)9-8-15-13-20(2)19-11-10-17(22-4)12-18(15)19;/h5-13H,1-4H3;1H/q+1;/p-1. The quantitative estimate of drug-likeness (QED) is 0.446. The fourth-order valence-corrected chi connectivity index (χ4v) is 2.72. The number of aromatic nitrogens is 2. The maximum Gasteiger partial charge on any atom is 0.205 e. The molecule has 2 heterocycles. The van der Waals surface area contributed by atoms with Crippen LogP contribution in [0.25, 0.3) is 23.1 Å². The van der Waals surface area contributed by atoms with Gasteiger partial charge in [0.15, 0.2) is 5.69 Å². The summed E-state index contributed by atoms with van der Waals surface area (Å²) in [5.41, 5.74) is 4.81. The van der Waals surface area contributed by atoms with Crippen LogP contribution in [0.1, 0.15) is 17.0 Å². The van der Waals surface area contributed by atoms with Crippen LogP contribution in [0, 0.1) is 6.92 Å². The van der Waals surface area contributed by atoms with Crippen LogP contribution in [0.2, 0.25) is 0 Å². The molecule has 1 aromatic carbocycles. The Kier molecular flexibility index (Phi) is 5.46. The monoisotopic (exact) mass is 420 g/mol. The van der Waals surface area contributed by atoms with Gasteiger partial charge < -0.3 is 33.3 Å². The number of halogens is 1. The Morgan fingerprint density at radius 3 is 2.65 bits per heavy atom. The van der Waals surface area contributed by atoms with Gasteiger partial charge in [-0.15, -0.1) is 0 Å². The van der Waals surface area contributed by atoms with Gasteiger partial charge in [0, 0.05) is 54.8 Å². The fraction of sp³-hybridized carbons (Fsp3) is 0.211. The van der Waals surface area contributed by atoms with Gasteiger partial charge >= 0.3 is 0 Å². The third-order valence-electron chi connectivity index (χ3n) is 4.18. The first-order chi connectivity index (χ1) is 10.6. The first-order valence-electron chi connectivity index (χ1n) is 7.37. The van der Waals surface area contributed by atoms with Gasteiger partial charge in [-0.2, -0.15) is 4.57 Å². The Balaban J connectivity index is 0.00000192. The first kappa shape index (κ1) is 17.5. The van der Waals surface area contributed by atoms with E-state index in [2.05, 4.69) is 78.8 Å². The van der Waals surface area contributed by atoms with E-state index in [4.69, 9.17) is 4.74 Å². The largest absolute Gasteiger partial charge is 1.00 e. The number of rotatable bonds is 3. The van der Waals surface area contributed by atoms with Crippen LogP contribution >= 0.6 is 0 Å². The van der Waals surface area contributed by atoms with Gasteiger partial charge in [-0.25, -0.2) is 0 Å². The summed E-state index contributed by atoms with van der Waals surface area (Å²) in [6, 6.07) is 12.5. The second-order valence-electron chi connectivity index (χ2n) is 5.56. The molecule has 0 N–H and O–H groups in total.